The van der Waals surface area contributed by atoms with Gasteiger partial charge in [0.15, 0.2) is 0 Å². The van der Waals surface area contributed by atoms with Gasteiger partial charge in [0.05, 0.1) is 41.0 Å². The van der Waals surface area contributed by atoms with Crippen LogP contribution in [0.5, 0.6) is 11.5 Å². The number of methoxy groups -OCH3 is 1. The summed E-state index contributed by atoms with van der Waals surface area (Å²) in [6, 6.07) is 16.7. The molecule has 10 nitrogen and oxygen atoms in total. The third-order valence-corrected chi connectivity index (χ3v) is 10.7. The number of ether oxygens (including phenoxy) is 1. The van der Waals surface area contributed by atoms with Crippen LogP contribution in [0.2, 0.25) is 10.0 Å². The van der Waals surface area contributed by atoms with Crippen molar-refractivity contribution in [3.63, 3.8) is 0 Å². The number of anilines is 1. The predicted molar refractivity (Wildman–Crippen MR) is 167 cm³/mol. The van der Waals surface area contributed by atoms with E-state index in [1.165, 1.54) is 13.2 Å². The van der Waals surface area contributed by atoms with Gasteiger partial charge in [0.25, 0.3) is 23.6 Å². The number of aromatic hydroxyl groups is 1. The molecule has 6 atom stereocenters. The molecule has 2 aliphatic heterocycles. The highest BCUT2D eigenvalue weighted by atomic mass is 35.5. The molecule has 2 aliphatic carbocycles. The van der Waals surface area contributed by atoms with Gasteiger partial charge in [-0.2, -0.15) is 10.1 Å². The monoisotopic (exact) mass is 661 g/mol. The molecule has 0 spiro atoms. The molecule has 0 radical (unpaired) electrons. The summed E-state index contributed by atoms with van der Waals surface area (Å²) in [6.07, 6.45) is 2.02. The maximum Gasteiger partial charge on any atom is 0.260 e. The van der Waals surface area contributed by atoms with Gasteiger partial charge in [-0.3, -0.25) is 29.8 Å². The number of amides is 4. The van der Waals surface area contributed by atoms with Crippen molar-refractivity contribution in [3.8, 4) is 11.5 Å². The zero-order valence-corrected chi connectivity index (χ0v) is 26.2. The minimum absolute atomic E-state index is 0.0338. The van der Waals surface area contributed by atoms with E-state index in [0.29, 0.717) is 33.0 Å². The maximum atomic E-state index is 15.1. The number of rotatable bonds is 5. The lowest BCUT2D eigenvalue weighted by molar-refractivity contribution is -0.173. The smallest absolute Gasteiger partial charge is 0.260 e. The Morgan fingerprint density at radius 3 is 2.39 bits per heavy atom. The van der Waals surface area contributed by atoms with Crippen LogP contribution >= 0.6 is 23.2 Å². The van der Waals surface area contributed by atoms with Gasteiger partial charge in [-0.15, -0.1) is 0 Å². The fraction of sp³-hybridized carbons (Fsp3) is 0.294. The fourth-order valence-electron chi connectivity index (χ4n) is 8.09. The van der Waals surface area contributed by atoms with Gasteiger partial charge < -0.3 is 9.84 Å². The number of hydrogen-bond acceptors (Lipinski definition) is 8. The molecule has 0 bridgehead atoms. The van der Waals surface area contributed by atoms with E-state index in [1.807, 2.05) is 6.08 Å². The second-order valence-electron chi connectivity index (χ2n) is 12.2. The van der Waals surface area contributed by atoms with E-state index in [4.69, 9.17) is 27.9 Å². The van der Waals surface area contributed by atoms with Crippen LogP contribution in [0.1, 0.15) is 35.4 Å². The lowest BCUT2D eigenvalue weighted by atomic mass is 9.49. The number of allylic oxidation sites excluding steroid dienone is 2. The Hall–Kier alpha value is -4.38. The fourth-order valence-corrected chi connectivity index (χ4v) is 8.54. The van der Waals surface area contributed by atoms with Crippen LogP contribution in [0, 0.1) is 30.6 Å². The first-order chi connectivity index (χ1) is 22.0. The number of nitrogens with zero attached hydrogens (tertiary/aromatic N) is 2. The van der Waals surface area contributed by atoms with E-state index < -0.39 is 58.6 Å². The third-order valence-electron chi connectivity index (χ3n) is 10.1. The molecule has 3 fully saturated rings. The van der Waals surface area contributed by atoms with Crippen molar-refractivity contribution in [2.75, 3.05) is 12.5 Å². The van der Waals surface area contributed by atoms with Crippen molar-refractivity contribution in [1.29, 1.82) is 0 Å². The third kappa shape index (κ3) is 4.13. The van der Waals surface area contributed by atoms with Crippen LogP contribution in [-0.4, -0.2) is 51.1 Å². The molecule has 12 heteroatoms. The number of nitrogens with one attached hydrogen (secondary N) is 1. The highest BCUT2D eigenvalue weighted by Gasteiger charge is 2.70. The largest absolute Gasteiger partial charge is 0.507 e. The molecular formula is C34H29Cl2N3O7. The first-order valence-corrected chi connectivity index (χ1v) is 15.6. The molecule has 3 aromatic rings. The van der Waals surface area contributed by atoms with E-state index >= 15 is 4.79 Å². The van der Waals surface area contributed by atoms with Crippen molar-refractivity contribution >= 4 is 52.5 Å². The normalized spacial score (nSPS) is 28.5. The second kappa shape index (κ2) is 10.9. The van der Waals surface area contributed by atoms with Crippen molar-refractivity contribution in [2.24, 2.45) is 23.7 Å². The summed E-state index contributed by atoms with van der Waals surface area (Å²) in [5.41, 5.74) is 3.72. The molecule has 4 aliphatic rings. The van der Waals surface area contributed by atoms with Gasteiger partial charge in [0.1, 0.15) is 11.5 Å². The standard InChI is InChI=1S/C34H29Cl2N3O7/c1-16-4-3-5-22(29(16)40)28-20-11-12-21-27(32(43)39(45)30(21)41)23(20)15-24-31(42)38(37-26-13-8-18(35)14-25(26)36)33(44)34(24,28)17-6-9-19(46-2)10-7-17/h3-11,13-14,21,23-24,27-28,37,40,45H,12,15H2,1-2H3/t21-,23+,24-,27-,28+,34+/m0/s1. The topological polar surface area (TPSA) is 136 Å². The summed E-state index contributed by atoms with van der Waals surface area (Å²) in [6.45, 7) is 1.74. The number of hydroxylamine groups is 2. The van der Waals surface area contributed by atoms with Gasteiger partial charge >= 0.3 is 0 Å². The molecule has 46 heavy (non-hydrogen) atoms. The minimum atomic E-state index is -1.60. The number of para-hydroxylation sites is 1. The number of carbonyl (C=O) groups excluding carboxylic acids is 4. The molecular weight excluding hydrogens is 633 g/mol. The van der Waals surface area contributed by atoms with Gasteiger partial charge in [0.2, 0.25) is 0 Å². The number of phenols is 1. The number of carbonyl (C=O) groups is 4. The quantitative estimate of drug-likeness (QED) is 0.188. The zero-order chi connectivity index (χ0) is 32.7. The SMILES string of the molecule is COc1ccc([C@@]23C(=O)N(Nc4ccc(Cl)cc4Cl)C(=O)[C@@H]2C[C@@H]2C(=CC[C@@H]4C(=O)N(O)C(=O)[C@@H]42)[C@@H]3c2cccc(C)c2O)cc1. The second-order valence-corrected chi connectivity index (χ2v) is 13.1. The molecule has 4 amide bonds. The van der Waals surface area contributed by atoms with Crippen molar-refractivity contribution < 1.29 is 34.2 Å². The van der Waals surface area contributed by atoms with Gasteiger partial charge in [-0.05, 0) is 67.1 Å². The van der Waals surface area contributed by atoms with Crippen molar-refractivity contribution in [2.45, 2.75) is 31.1 Å². The Kier molecular flexibility index (Phi) is 7.15. The molecule has 0 unspecified atom stereocenters. The number of halogens is 2. The summed E-state index contributed by atoms with van der Waals surface area (Å²) < 4.78 is 5.40. The lowest BCUT2D eigenvalue weighted by Gasteiger charge is -2.50. The molecule has 1 saturated carbocycles. The average molecular weight is 663 g/mol. The van der Waals surface area contributed by atoms with E-state index in [9.17, 15) is 24.7 Å². The zero-order valence-electron chi connectivity index (χ0n) is 24.7. The van der Waals surface area contributed by atoms with E-state index in [0.717, 1.165) is 5.01 Å². The van der Waals surface area contributed by atoms with Crippen LogP contribution in [0.3, 0.4) is 0 Å². The minimum Gasteiger partial charge on any atom is -0.507 e. The Bertz CT molecular complexity index is 1860. The summed E-state index contributed by atoms with van der Waals surface area (Å²) in [4.78, 5) is 56.0. The predicted octanol–water partition coefficient (Wildman–Crippen LogP) is 5.39. The van der Waals surface area contributed by atoms with Crippen LogP contribution in [-0.2, 0) is 24.6 Å². The van der Waals surface area contributed by atoms with Crippen molar-refractivity contribution in [3.05, 3.63) is 99.0 Å². The molecule has 0 aromatic heterocycles. The van der Waals surface area contributed by atoms with Gasteiger partial charge in [-0.1, -0.05) is 65.2 Å². The molecule has 7 rings (SSSR count). The van der Waals surface area contributed by atoms with E-state index in [1.54, 1.807) is 61.5 Å². The van der Waals surface area contributed by atoms with Crippen LogP contribution in [0.4, 0.5) is 5.69 Å². The first-order valence-electron chi connectivity index (χ1n) is 14.8. The van der Waals surface area contributed by atoms with E-state index in [-0.39, 0.29) is 34.4 Å². The van der Waals surface area contributed by atoms with Crippen LogP contribution in [0.15, 0.2) is 72.3 Å². The number of benzene rings is 3. The van der Waals surface area contributed by atoms with Gasteiger partial charge in [-0.25, -0.2) is 0 Å². The average Bonchev–Trinajstić information content (AvgIpc) is 3.40. The van der Waals surface area contributed by atoms with Gasteiger partial charge in [0, 0.05) is 16.5 Å². The number of imide groups is 2. The Morgan fingerprint density at radius 2 is 1.70 bits per heavy atom. The number of phenolic OH excluding ortho intramolecular Hbond substituents is 1. The molecule has 2 saturated heterocycles. The van der Waals surface area contributed by atoms with Crippen LogP contribution in [0.25, 0.3) is 0 Å². The summed E-state index contributed by atoms with van der Waals surface area (Å²) in [7, 11) is 1.52. The number of fused-ring (bicyclic) bond motifs is 4. The Balaban J connectivity index is 1.49. The molecule has 236 valence electrons. The summed E-state index contributed by atoms with van der Waals surface area (Å²) in [5.74, 6) is -6.48. The number of hydrogen-bond donors (Lipinski definition) is 3. The highest BCUT2D eigenvalue weighted by molar-refractivity contribution is 6.36. The number of aryl methyl sites for hydroxylation is 1. The number of hydrazine groups is 1. The summed E-state index contributed by atoms with van der Waals surface area (Å²) >= 11 is 12.6. The lowest BCUT2D eigenvalue weighted by Crippen LogP contribution is -2.53. The van der Waals surface area contributed by atoms with Crippen molar-refractivity contribution in [1.82, 2.24) is 10.1 Å². The molecule has 2 heterocycles. The molecule has 3 aromatic carbocycles. The first kappa shape index (κ1) is 30.3. The maximum absolute atomic E-state index is 15.1. The Labute approximate surface area is 274 Å². The summed E-state index contributed by atoms with van der Waals surface area (Å²) in [5, 5.41) is 23.6. The van der Waals surface area contributed by atoms with E-state index in [2.05, 4.69) is 5.43 Å². The highest BCUT2D eigenvalue weighted by Crippen LogP contribution is 2.65. The Morgan fingerprint density at radius 1 is 0.957 bits per heavy atom. The van der Waals surface area contributed by atoms with Crippen LogP contribution < -0.4 is 10.2 Å². The molecule has 3 N–H and O–H groups in total.